The fourth-order valence-electron chi connectivity index (χ4n) is 5.54. The first kappa shape index (κ1) is 29.6. The number of piperidine rings is 1. The third-order valence-corrected chi connectivity index (χ3v) is 8.51. The number of aromatic nitrogens is 3. The number of fused-ring (bicyclic) bond motifs is 2. The predicted molar refractivity (Wildman–Crippen MR) is 159 cm³/mol. The molecule has 0 spiro atoms. The minimum absolute atomic E-state index is 0.0949. The first-order valence-corrected chi connectivity index (χ1v) is 14.9. The summed E-state index contributed by atoms with van der Waals surface area (Å²) < 4.78 is 31.9. The largest absolute Gasteiger partial charge is 0.494 e. The van der Waals surface area contributed by atoms with Gasteiger partial charge in [-0.1, -0.05) is 29.3 Å². The molecule has 226 valence electrons. The first-order valence-electron chi connectivity index (χ1n) is 14.1. The summed E-state index contributed by atoms with van der Waals surface area (Å²) in [5, 5.41) is 10.3. The molecule has 12 heteroatoms. The summed E-state index contributed by atoms with van der Waals surface area (Å²) in [5.74, 6) is 2.26. The number of nitrogens with zero attached hydrogens (tertiary/aromatic N) is 4. The van der Waals surface area contributed by atoms with Gasteiger partial charge in [0.2, 0.25) is 5.88 Å². The lowest BCUT2D eigenvalue weighted by Crippen LogP contribution is -2.32. The molecule has 4 aromatic rings. The average molecular weight is 630 g/mol. The monoisotopic (exact) mass is 628 g/mol. The Kier molecular flexibility index (Phi) is 8.72. The molecule has 9 nitrogen and oxygen atoms in total. The second-order valence-electron chi connectivity index (χ2n) is 11.1. The second kappa shape index (κ2) is 12.7. The van der Waals surface area contributed by atoms with Crippen molar-refractivity contribution in [1.82, 2.24) is 19.4 Å². The Hall–Kier alpha value is -3.44. The quantitative estimate of drug-likeness (QED) is 0.238. The van der Waals surface area contributed by atoms with Crippen molar-refractivity contribution in [3.8, 4) is 11.6 Å². The average Bonchev–Trinajstić information content (AvgIpc) is 3.42. The molecule has 2 aliphatic heterocycles. The van der Waals surface area contributed by atoms with E-state index in [1.165, 1.54) is 18.7 Å². The number of pyridine rings is 1. The molecule has 1 saturated carbocycles. The van der Waals surface area contributed by atoms with E-state index in [1.54, 1.807) is 43.5 Å². The maximum absolute atomic E-state index is 13.4. The molecule has 0 radical (unpaired) electrons. The Morgan fingerprint density at radius 3 is 2.53 bits per heavy atom. The zero-order valence-corrected chi connectivity index (χ0v) is 25.0. The van der Waals surface area contributed by atoms with Crippen LogP contribution in [0.2, 0.25) is 10.0 Å². The van der Waals surface area contributed by atoms with Gasteiger partial charge in [0.05, 0.1) is 42.4 Å². The summed E-state index contributed by atoms with van der Waals surface area (Å²) >= 11 is 11.3. The van der Waals surface area contributed by atoms with Crippen molar-refractivity contribution in [2.45, 2.75) is 38.6 Å². The zero-order chi connectivity index (χ0) is 30.1. The van der Waals surface area contributed by atoms with E-state index in [0.717, 1.165) is 61.4 Å². The maximum atomic E-state index is 13.4. The molecule has 3 atom stereocenters. The van der Waals surface area contributed by atoms with E-state index >= 15 is 0 Å². The van der Waals surface area contributed by atoms with Crippen molar-refractivity contribution < 1.29 is 28.5 Å². The number of carbonyl (C=O) groups is 1. The lowest BCUT2D eigenvalue weighted by Gasteiger charge is -2.28. The van der Waals surface area contributed by atoms with Crippen LogP contribution in [0.25, 0.3) is 11.0 Å². The standard InChI is InChI=1S/C19H23N3O4.C12H8Cl2FNO/c1-25-16-6-11(19(23)24)5-15-18(16)20-17(22(15)9-14-2-3-26-14)10-21-7-12-4-13(12)8-21;13-9-2-1-8(11(15)5-9)7-17-12-4-3-10(14)6-16-12/h5-6,12-14H,2-4,7-10H2,1H3,(H,23,24);1-6H,7H2. The number of aromatic carboxylic acids is 1. The van der Waals surface area contributed by atoms with Crippen molar-refractivity contribution >= 4 is 40.2 Å². The highest BCUT2D eigenvalue weighted by Gasteiger charge is 2.45. The third kappa shape index (κ3) is 6.88. The van der Waals surface area contributed by atoms with E-state index in [4.69, 9.17) is 42.4 Å². The smallest absolute Gasteiger partial charge is 0.335 e. The molecule has 3 aliphatic rings. The van der Waals surface area contributed by atoms with Gasteiger partial charge in [-0.3, -0.25) is 4.90 Å². The number of rotatable bonds is 9. The van der Waals surface area contributed by atoms with Gasteiger partial charge >= 0.3 is 5.97 Å². The highest BCUT2D eigenvalue weighted by Crippen LogP contribution is 2.45. The Bertz CT molecular complexity index is 1620. The van der Waals surface area contributed by atoms with Crippen LogP contribution in [-0.2, 0) is 24.4 Å². The van der Waals surface area contributed by atoms with Gasteiger partial charge in [0.25, 0.3) is 0 Å². The minimum Gasteiger partial charge on any atom is -0.494 e. The van der Waals surface area contributed by atoms with Crippen LogP contribution in [-0.4, -0.2) is 63.4 Å². The van der Waals surface area contributed by atoms with Crippen molar-refractivity contribution in [2.24, 2.45) is 11.8 Å². The molecular formula is C31H31Cl2FN4O5. The molecule has 3 unspecified atom stereocenters. The molecule has 0 bridgehead atoms. The van der Waals surface area contributed by atoms with Crippen molar-refractivity contribution in [1.29, 1.82) is 0 Å². The summed E-state index contributed by atoms with van der Waals surface area (Å²) in [6.45, 7) is 4.68. The van der Waals surface area contributed by atoms with Crippen LogP contribution >= 0.6 is 23.2 Å². The third-order valence-electron chi connectivity index (χ3n) is 8.05. The molecule has 1 aliphatic carbocycles. The number of halogens is 3. The van der Waals surface area contributed by atoms with Gasteiger partial charge in [-0.15, -0.1) is 0 Å². The number of carboxylic acids is 1. The summed E-state index contributed by atoms with van der Waals surface area (Å²) in [6.07, 6.45) is 4.05. The Morgan fingerprint density at radius 1 is 1.14 bits per heavy atom. The predicted octanol–water partition coefficient (Wildman–Crippen LogP) is 6.09. The maximum Gasteiger partial charge on any atom is 0.335 e. The molecule has 2 aromatic heterocycles. The number of imidazole rings is 1. The summed E-state index contributed by atoms with van der Waals surface area (Å²) in [6, 6.07) is 11.0. The fraction of sp³-hybridized carbons (Fsp3) is 0.387. The summed E-state index contributed by atoms with van der Waals surface area (Å²) in [7, 11) is 1.56. The topological polar surface area (TPSA) is 98.9 Å². The highest BCUT2D eigenvalue weighted by atomic mass is 35.5. The van der Waals surface area contributed by atoms with E-state index in [9.17, 15) is 14.3 Å². The van der Waals surface area contributed by atoms with Crippen LogP contribution in [0.3, 0.4) is 0 Å². The lowest BCUT2D eigenvalue weighted by atomic mass is 10.1. The number of methoxy groups -OCH3 is 1. The highest BCUT2D eigenvalue weighted by molar-refractivity contribution is 6.30. The zero-order valence-electron chi connectivity index (χ0n) is 23.5. The van der Waals surface area contributed by atoms with Gasteiger partial charge in [-0.25, -0.2) is 19.2 Å². The van der Waals surface area contributed by atoms with Crippen LogP contribution in [0.4, 0.5) is 4.39 Å². The molecule has 3 fully saturated rings. The van der Waals surface area contributed by atoms with E-state index in [1.807, 2.05) is 0 Å². The number of hydrogen-bond acceptors (Lipinski definition) is 7. The van der Waals surface area contributed by atoms with Gasteiger partial charge in [0.1, 0.15) is 29.5 Å². The van der Waals surface area contributed by atoms with Crippen molar-refractivity contribution in [2.75, 3.05) is 26.8 Å². The van der Waals surface area contributed by atoms with Gasteiger partial charge in [0.15, 0.2) is 0 Å². The van der Waals surface area contributed by atoms with E-state index in [-0.39, 0.29) is 18.3 Å². The Labute approximate surface area is 258 Å². The van der Waals surface area contributed by atoms with Crippen LogP contribution < -0.4 is 9.47 Å². The number of ether oxygens (including phenoxy) is 3. The molecule has 2 saturated heterocycles. The van der Waals surface area contributed by atoms with E-state index in [2.05, 4.69) is 14.5 Å². The number of carboxylic acid groups (broad SMARTS) is 1. The molecule has 0 amide bonds. The SMILES string of the molecule is COc1cc(C(=O)O)cc2c1nc(CN1CC3CC3C1)n2CC1CCO1.Fc1cc(Cl)ccc1COc1ccc(Cl)cn1. The molecule has 43 heavy (non-hydrogen) atoms. The summed E-state index contributed by atoms with van der Waals surface area (Å²) in [5.41, 5.74) is 2.19. The molecule has 1 N–H and O–H groups in total. The van der Waals surface area contributed by atoms with Crippen molar-refractivity contribution in [3.63, 3.8) is 0 Å². The van der Waals surface area contributed by atoms with Crippen LogP contribution in [0.15, 0.2) is 48.7 Å². The van der Waals surface area contributed by atoms with Crippen molar-refractivity contribution in [3.05, 3.63) is 81.5 Å². The minimum atomic E-state index is -0.959. The first-order chi connectivity index (χ1) is 20.8. The fourth-order valence-corrected chi connectivity index (χ4v) is 5.81. The van der Waals surface area contributed by atoms with Gasteiger partial charge in [0, 0.05) is 42.5 Å². The van der Waals surface area contributed by atoms with Crippen LogP contribution in [0, 0.1) is 17.7 Å². The Morgan fingerprint density at radius 2 is 1.91 bits per heavy atom. The number of likely N-dealkylation sites (tertiary alicyclic amines) is 1. The second-order valence-corrected chi connectivity index (χ2v) is 11.9. The Balaban J connectivity index is 0.000000168. The van der Waals surface area contributed by atoms with Gasteiger partial charge in [-0.05, 0) is 55.0 Å². The van der Waals surface area contributed by atoms with Crippen LogP contribution in [0.5, 0.6) is 11.6 Å². The molecular weight excluding hydrogens is 598 g/mol. The van der Waals surface area contributed by atoms with E-state index in [0.29, 0.717) is 33.8 Å². The molecule has 2 aromatic carbocycles. The van der Waals surface area contributed by atoms with Gasteiger partial charge in [-0.2, -0.15) is 0 Å². The van der Waals surface area contributed by atoms with Crippen LogP contribution in [0.1, 0.15) is 34.6 Å². The summed E-state index contributed by atoms with van der Waals surface area (Å²) in [4.78, 5) is 22.8. The number of benzene rings is 2. The van der Waals surface area contributed by atoms with E-state index < -0.39 is 11.8 Å². The van der Waals surface area contributed by atoms with Gasteiger partial charge < -0.3 is 23.9 Å². The molecule has 4 heterocycles. The normalized spacial score (nSPS) is 20.6. The number of hydrogen-bond donors (Lipinski definition) is 1. The molecule has 7 rings (SSSR count). The lowest BCUT2D eigenvalue weighted by molar-refractivity contribution is -0.0591.